The van der Waals surface area contributed by atoms with Gasteiger partial charge in [0.2, 0.25) is 0 Å². The molecule has 0 radical (unpaired) electrons. The molecule has 1 heterocycles. The van der Waals surface area contributed by atoms with Crippen molar-refractivity contribution in [3.63, 3.8) is 0 Å². The van der Waals surface area contributed by atoms with Gasteiger partial charge in [-0.3, -0.25) is 0 Å². The highest BCUT2D eigenvalue weighted by Crippen LogP contribution is 2.30. The summed E-state index contributed by atoms with van der Waals surface area (Å²) in [5.41, 5.74) is 7.36. The molecule has 0 bridgehead atoms. The van der Waals surface area contributed by atoms with Crippen LogP contribution in [-0.4, -0.2) is 23.8 Å². The van der Waals surface area contributed by atoms with Crippen LogP contribution in [0.5, 0.6) is 0 Å². The van der Waals surface area contributed by atoms with Crippen molar-refractivity contribution >= 4 is 17.3 Å². The number of hydrogen-bond acceptors (Lipinski definition) is 3. The van der Waals surface area contributed by atoms with E-state index >= 15 is 0 Å². The summed E-state index contributed by atoms with van der Waals surface area (Å²) in [6.07, 6.45) is 2.62. The van der Waals surface area contributed by atoms with E-state index in [1.807, 2.05) is 19.1 Å². The summed E-state index contributed by atoms with van der Waals surface area (Å²) in [5.74, 6) is 0. The molecule has 0 amide bonds. The van der Waals surface area contributed by atoms with Crippen molar-refractivity contribution in [3.05, 3.63) is 28.8 Å². The molecule has 4 heteroatoms. The van der Waals surface area contributed by atoms with Crippen molar-refractivity contribution in [2.24, 2.45) is 5.73 Å². The number of benzene rings is 1. The third-order valence-corrected chi connectivity index (χ3v) is 4.06. The number of halogens is 1. The Balaban J connectivity index is 2.24. The van der Waals surface area contributed by atoms with Crippen LogP contribution < -0.4 is 10.6 Å². The molecule has 18 heavy (non-hydrogen) atoms. The maximum absolute atomic E-state index is 10.1. The van der Waals surface area contributed by atoms with Gasteiger partial charge in [-0.2, -0.15) is 0 Å². The van der Waals surface area contributed by atoms with Gasteiger partial charge in [-0.05, 0) is 38.3 Å². The number of aliphatic hydroxyl groups is 1. The molecule has 3 N–H and O–H groups in total. The van der Waals surface area contributed by atoms with E-state index in [2.05, 4.69) is 11.0 Å². The zero-order valence-corrected chi connectivity index (χ0v) is 11.6. The maximum Gasteiger partial charge on any atom is 0.0637 e. The summed E-state index contributed by atoms with van der Waals surface area (Å²) in [6.45, 7) is 4.16. The Hall–Kier alpha value is -0.770. The average molecular weight is 269 g/mol. The van der Waals surface area contributed by atoms with E-state index in [0.717, 1.165) is 48.6 Å². The molecule has 1 saturated heterocycles. The molecule has 0 saturated carbocycles. The summed E-state index contributed by atoms with van der Waals surface area (Å²) in [4.78, 5) is 2.29. The molecule has 3 nitrogen and oxygen atoms in total. The highest BCUT2D eigenvalue weighted by molar-refractivity contribution is 6.31. The van der Waals surface area contributed by atoms with Crippen LogP contribution >= 0.6 is 11.6 Å². The lowest BCUT2D eigenvalue weighted by Gasteiger charge is -2.26. The third-order valence-electron chi connectivity index (χ3n) is 3.70. The summed E-state index contributed by atoms with van der Waals surface area (Å²) >= 11 is 6.19. The van der Waals surface area contributed by atoms with E-state index in [-0.39, 0.29) is 0 Å². The third kappa shape index (κ3) is 2.97. The summed E-state index contributed by atoms with van der Waals surface area (Å²) in [6, 6.07) is 5.90. The predicted molar refractivity (Wildman–Crippen MR) is 76.0 cm³/mol. The smallest absolute Gasteiger partial charge is 0.0637 e. The predicted octanol–water partition coefficient (Wildman–Crippen LogP) is 2.54. The normalized spacial score (nSPS) is 25.0. The molecule has 0 aliphatic carbocycles. The van der Waals surface area contributed by atoms with Crippen LogP contribution in [0.3, 0.4) is 0 Å². The Bertz CT molecular complexity index is 420. The number of hydrogen-bond donors (Lipinski definition) is 2. The van der Waals surface area contributed by atoms with Crippen LogP contribution in [0.4, 0.5) is 5.69 Å². The van der Waals surface area contributed by atoms with Gasteiger partial charge in [0.15, 0.2) is 0 Å². The van der Waals surface area contributed by atoms with Gasteiger partial charge in [-0.1, -0.05) is 17.7 Å². The molecule has 1 aromatic carbocycles. The van der Waals surface area contributed by atoms with E-state index in [0.29, 0.717) is 6.54 Å². The minimum absolute atomic E-state index is 0.446. The molecule has 1 fully saturated rings. The quantitative estimate of drug-likeness (QED) is 0.867. The summed E-state index contributed by atoms with van der Waals surface area (Å²) in [7, 11) is 0. The molecular formula is C14H21ClN2O. The van der Waals surface area contributed by atoms with E-state index < -0.39 is 5.60 Å². The number of rotatable bonds is 2. The Labute approximate surface area is 114 Å². The zero-order valence-electron chi connectivity index (χ0n) is 10.8. The average Bonchev–Trinajstić information content (AvgIpc) is 2.50. The first kappa shape index (κ1) is 13.7. The van der Waals surface area contributed by atoms with Crippen LogP contribution in [0.2, 0.25) is 5.02 Å². The molecule has 2 rings (SSSR count). The molecule has 1 atom stereocenters. The number of nitrogens with two attached hydrogens (primary N) is 1. The fraction of sp³-hybridized carbons (Fsp3) is 0.571. The first-order valence-corrected chi connectivity index (χ1v) is 6.86. The van der Waals surface area contributed by atoms with Crippen molar-refractivity contribution in [2.45, 2.75) is 38.3 Å². The van der Waals surface area contributed by atoms with Gasteiger partial charge in [0.05, 0.1) is 5.60 Å². The van der Waals surface area contributed by atoms with Crippen LogP contribution in [0.25, 0.3) is 0 Å². The molecule has 100 valence electrons. The SMILES string of the molecule is CC1(O)CCCN(c2cccc(Cl)c2CN)CC1. The lowest BCUT2D eigenvalue weighted by molar-refractivity contribution is 0.0481. The highest BCUT2D eigenvalue weighted by atomic mass is 35.5. The monoisotopic (exact) mass is 268 g/mol. The van der Waals surface area contributed by atoms with E-state index in [9.17, 15) is 5.11 Å². The van der Waals surface area contributed by atoms with Gasteiger partial charge < -0.3 is 15.7 Å². The number of nitrogens with zero attached hydrogens (tertiary/aromatic N) is 1. The Morgan fingerprint density at radius 3 is 2.89 bits per heavy atom. The van der Waals surface area contributed by atoms with Crippen LogP contribution in [-0.2, 0) is 6.54 Å². The maximum atomic E-state index is 10.1. The lowest BCUT2D eigenvalue weighted by atomic mass is 9.98. The Morgan fingerprint density at radius 2 is 2.17 bits per heavy atom. The fourth-order valence-corrected chi connectivity index (χ4v) is 2.80. The molecule has 1 aliphatic heterocycles. The standard InChI is InChI=1S/C14H21ClN2O/c1-14(18)6-3-8-17(9-7-14)13-5-2-4-12(15)11(13)10-16/h2,4-5,18H,3,6-10,16H2,1H3. The van der Waals surface area contributed by atoms with Crippen molar-refractivity contribution in [1.82, 2.24) is 0 Å². The summed E-state index contributed by atoms with van der Waals surface area (Å²) < 4.78 is 0. The largest absolute Gasteiger partial charge is 0.390 e. The minimum Gasteiger partial charge on any atom is -0.390 e. The Kier molecular flexibility index (Phi) is 4.15. The molecule has 0 spiro atoms. The van der Waals surface area contributed by atoms with Gasteiger partial charge >= 0.3 is 0 Å². The molecule has 1 aliphatic rings. The second kappa shape index (κ2) is 5.47. The fourth-order valence-electron chi connectivity index (χ4n) is 2.55. The van der Waals surface area contributed by atoms with Crippen molar-refractivity contribution in [1.29, 1.82) is 0 Å². The second-order valence-corrected chi connectivity index (χ2v) is 5.69. The van der Waals surface area contributed by atoms with Gasteiger partial charge in [0.1, 0.15) is 0 Å². The highest BCUT2D eigenvalue weighted by Gasteiger charge is 2.25. The molecule has 1 aromatic rings. The summed E-state index contributed by atoms with van der Waals surface area (Å²) in [5, 5.41) is 10.9. The van der Waals surface area contributed by atoms with Gasteiger partial charge in [0.25, 0.3) is 0 Å². The van der Waals surface area contributed by atoms with E-state index in [1.54, 1.807) is 0 Å². The number of anilines is 1. The zero-order chi connectivity index (χ0) is 13.2. The van der Waals surface area contributed by atoms with Crippen LogP contribution in [0.15, 0.2) is 18.2 Å². The van der Waals surface area contributed by atoms with Crippen molar-refractivity contribution < 1.29 is 5.11 Å². The van der Waals surface area contributed by atoms with Crippen molar-refractivity contribution in [3.8, 4) is 0 Å². The van der Waals surface area contributed by atoms with E-state index in [1.165, 1.54) is 0 Å². The molecule has 1 unspecified atom stereocenters. The first-order chi connectivity index (χ1) is 8.53. The molecule has 0 aromatic heterocycles. The second-order valence-electron chi connectivity index (χ2n) is 5.28. The van der Waals surface area contributed by atoms with Crippen LogP contribution in [0, 0.1) is 0 Å². The topological polar surface area (TPSA) is 49.5 Å². The van der Waals surface area contributed by atoms with Crippen LogP contribution in [0.1, 0.15) is 31.7 Å². The van der Waals surface area contributed by atoms with Gasteiger partial charge in [-0.25, -0.2) is 0 Å². The first-order valence-electron chi connectivity index (χ1n) is 6.48. The molecular weight excluding hydrogens is 248 g/mol. The Morgan fingerprint density at radius 1 is 1.39 bits per heavy atom. The van der Waals surface area contributed by atoms with Gasteiger partial charge in [-0.15, -0.1) is 0 Å². The van der Waals surface area contributed by atoms with E-state index in [4.69, 9.17) is 17.3 Å². The minimum atomic E-state index is -0.545. The van der Waals surface area contributed by atoms with Gasteiger partial charge in [0, 0.05) is 35.9 Å². The van der Waals surface area contributed by atoms with Crippen molar-refractivity contribution in [2.75, 3.05) is 18.0 Å². The lowest BCUT2D eigenvalue weighted by Crippen LogP contribution is -2.29.